The van der Waals surface area contributed by atoms with E-state index >= 15 is 0 Å². The molecule has 0 saturated carbocycles. The molecule has 0 aliphatic carbocycles. The van der Waals surface area contributed by atoms with E-state index in [-0.39, 0.29) is 10.6 Å². The van der Waals surface area contributed by atoms with E-state index in [2.05, 4.69) is 32.0 Å². The van der Waals surface area contributed by atoms with Crippen LogP contribution < -0.4 is 0 Å². The van der Waals surface area contributed by atoms with Crippen molar-refractivity contribution in [2.24, 2.45) is 0 Å². The van der Waals surface area contributed by atoms with Crippen LogP contribution in [-0.4, -0.2) is 19.8 Å². The monoisotopic (exact) mass is 365 g/mol. The Balaban J connectivity index is 2.11. The molecule has 0 bridgehead atoms. The Labute approximate surface area is 154 Å². The highest BCUT2D eigenvalue weighted by atomic mass is 32.2. The first-order valence-electron chi connectivity index (χ1n) is 8.42. The molecule has 0 saturated heterocycles. The summed E-state index contributed by atoms with van der Waals surface area (Å²) in [6, 6.07) is 21.2. The van der Waals surface area contributed by atoms with Crippen molar-refractivity contribution >= 4 is 9.84 Å². The molecular weight excluding hydrogens is 344 g/mol. The molecule has 1 N–H and O–H groups in total. The molecule has 1 radical (unpaired) electrons. The largest absolute Gasteiger partial charge is 0.507 e. The fourth-order valence-corrected chi connectivity index (χ4v) is 3.54. The van der Waals surface area contributed by atoms with Gasteiger partial charge in [0.1, 0.15) is 5.75 Å². The van der Waals surface area contributed by atoms with Gasteiger partial charge in [-0.15, -0.1) is 0 Å². The van der Waals surface area contributed by atoms with Gasteiger partial charge in [0, 0.05) is 17.4 Å². The molecule has 3 nitrogen and oxygen atoms in total. The summed E-state index contributed by atoms with van der Waals surface area (Å²) >= 11 is 0. The zero-order valence-electron chi connectivity index (χ0n) is 15.0. The topological polar surface area (TPSA) is 54.4 Å². The van der Waals surface area contributed by atoms with Crippen LogP contribution in [0.5, 0.6) is 5.75 Å². The molecule has 3 aromatic rings. The second-order valence-electron chi connectivity index (χ2n) is 6.69. The highest BCUT2D eigenvalue weighted by Gasteiger charge is 2.14. The number of benzene rings is 3. The van der Waals surface area contributed by atoms with E-state index < -0.39 is 9.84 Å². The average molecular weight is 365 g/mol. The number of sulfone groups is 1. The molecule has 0 atom stereocenters. The van der Waals surface area contributed by atoms with Crippen LogP contribution in [0.3, 0.4) is 0 Å². The average Bonchev–Trinajstić information content (AvgIpc) is 2.61. The van der Waals surface area contributed by atoms with Crippen molar-refractivity contribution in [2.45, 2.75) is 24.7 Å². The van der Waals surface area contributed by atoms with Gasteiger partial charge >= 0.3 is 0 Å². The predicted octanol–water partition coefficient (Wildman–Crippen LogP) is 5.05. The van der Waals surface area contributed by atoms with Crippen molar-refractivity contribution < 1.29 is 13.5 Å². The number of hydrogen-bond donors (Lipinski definition) is 1. The Morgan fingerprint density at radius 2 is 1.46 bits per heavy atom. The summed E-state index contributed by atoms with van der Waals surface area (Å²) < 4.78 is 23.3. The van der Waals surface area contributed by atoms with E-state index in [0.717, 1.165) is 16.7 Å². The van der Waals surface area contributed by atoms with Gasteiger partial charge in [-0.2, -0.15) is 0 Å². The van der Waals surface area contributed by atoms with Crippen LogP contribution in [-0.2, 0) is 9.84 Å². The third kappa shape index (κ3) is 3.65. The number of phenols is 1. The maximum absolute atomic E-state index is 11.7. The molecule has 133 valence electrons. The lowest BCUT2D eigenvalue weighted by molar-refractivity contribution is 0.477. The van der Waals surface area contributed by atoms with Gasteiger partial charge in [0.05, 0.1) is 4.90 Å². The zero-order chi connectivity index (χ0) is 18.9. The Bertz CT molecular complexity index is 1020. The lowest BCUT2D eigenvalue weighted by Gasteiger charge is -2.13. The summed E-state index contributed by atoms with van der Waals surface area (Å²) in [5.41, 5.74) is 4.35. The minimum atomic E-state index is -3.24. The highest BCUT2D eigenvalue weighted by molar-refractivity contribution is 7.90. The van der Waals surface area contributed by atoms with Crippen LogP contribution in [0.15, 0.2) is 65.6 Å². The van der Waals surface area contributed by atoms with E-state index in [1.165, 1.54) is 11.8 Å². The van der Waals surface area contributed by atoms with Gasteiger partial charge in [-0.05, 0) is 46.9 Å². The van der Waals surface area contributed by atoms with Crippen molar-refractivity contribution in [3.05, 3.63) is 72.3 Å². The normalized spacial score (nSPS) is 11.7. The Morgan fingerprint density at radius 3 is 2.00 bits per heavy atom. The quantitative estimate of drug-likeness (QED) is 0.703. The maximum atomic E-state index is 11.7. The van der Waals surface area contributed by atoms with Crippen LogP contribution in [0, 0.1) is 6.07 Å². The van der Waals surface area contributed by atoms with Gasteiger partial charge in [-0.25, -0.2) is 8.42 Å². The van der Waals surface area contributed by atoms with E-state index in [0.29, 0.717) is 11.5 Å². The first-order valence-corrected chi connectivity index (χ1v) is 10.3. The van der Waals surface area contributed by atoms with Crippen LogP contribution in [0.4, 0.5) is 0 Å². The van der Waals surface area contributed by atoms with E-state index in [4.69, 9.17) is 0 Å². The van der Waals surface area contributed by atoms with Crippen LogP contribution in [0.2, 0.25) is 0 Å². The van der Waals surface area contributed by atoms with E-state index in [9.17, 15) is 13.5 Å². The van der Waals surface area contributed by atoms with Crippen molar-refractivity contribution in [1.82, 2.24) is 0 Å². The second-order valence-corrected chi connectivity index (χ2v) is 8.70. The van der Waals surface area contributed by atoms with Crippen LogP contribution in [0.1, 0.15) is 25.3 Å². The van der Waals surface area contributed by atoms with Gasteiger partial charge in [0.25, 0.3) is 0 Å². The van der Waals surface area contributed by atoms with Crippen molar-refractivity contribution in [2.75, 3.05) is 6.26 Å². The molecule has 0 unspecified atom stereocenters. The Kier molecular flexibility index (Phi) is 4.88. The molecule has 0 spiro atoms. The van der Waals surface area contributed by atoms with Gasteiger partial charge < -0.3 is 5.11 Å². The van der Waals surface area contributed by atoms with Crippen molar-refractivity contribution in [3.63, 3.8) is 0 Å². The molecule has 0 fully saturated rings. The maximum Gasteiger partial charge on any atom is 0.175 e. The summed E-state index contributed by atoms with van der Waals surface area (Å²) in [6.07, 6.45) is 1.18. The van der Waals surface area contributed by atoms with Gasteiger partial charge in [-0.3, -0.25) is 0 Å². The second kappa shape index (κ2) is 6.96. The number of phenolic OH excluding ortho intramolecular Hbond substituents is 1. The fourth-order valence-electron chi connectivity index (χ4n) is 2.91. The molecule has 0 aliphatic heterocycles. The first kappa shape index (κ1) is 18.2. The molecule has 0 aliphatic rings. The number of hydrogen-bond acceptors (Lipinski definition) is 3. The molecule has 0 aromatic heterocycles. The molecule has 4 heteroatoms. The minimum absolute atomic E-state index is 0.170. The summed E-state index contributed by atoms with van der Waals surface area (Å²) in [5, 5.41) is 10.5. The Morgan fingerprint density at radius 1 is 0.885 bits per heavy atom. The lowest BCUT2D eigenvalue weighted by atomic mass is 9.92. The van der Waals surface area contributed by atoms with Gasteiger partial charge in [-0.1, -0.05) is 56.3 Å². The lowest BCUT2D eigenvalue weighted by Crippen LogP contribution is -1.96. The first-order chi connectivity index (χ1) is 12.3. The highest BCUT2D eigenvalue weighted by Crippen LogP contribution is 2.38. The minimum Gasteiger partial charge on any atom is -0.507 e. The molecule has 3 rings (SSSR count). The molecule has 26 heavy (non-hydrogen) atoms. The summed E-state index contributed by atoms with van der Waals surface area (Å²) in [5.74, 6) is 0.603. The number of rotatable bonds is 4. The number of aromatic hydroxyl groups is 1. The molecule has 3 aromatic carbocycles. The predicted molar refractivity (Wildman–Crippen MR) is 105 cm³/mol. The van der Waals surface area contributed by atoms with Crippen LogP contribution >= 0.6 is 0 Å². The van der Waals surface area contributed by atoms with Crippen molar-refractivity contribution in [3.8, 4) is 28.0 Å². The summed E-state index contributed by atoms with van der Waals surface area (Å²) in [6.45, 7) is 4.27. The van der Waals surface area contributed by atoms with E-state index in [1.807, 2.05) is 12.1 Å². The third-order valence-electron chi connectivity index (χ3n) is 4.41. The smallest absolute Gasteiger partial charge is 0.175 e. The summed E-state index contributed by atoms with van der Waals surface area (Å²) in [7, 11) is -3.24. The van der Waals surface area contributed by atoms with Crippen LogP contribution in [0.25, 0.3) is 22.3 Å². The SMILES string of the molecule is CC(C)c1ccc(-c2c(-c3ccc(S(C)(=O)=O)cc3)[c]ccc2O)cc1. The van der Waals surface area contributed by atoms with Gasteiger partial charge in [0.15, 0.2) is 9.84 Å². The Hall–Kier alpha value is -2.59. The third-order valence-corrected chi connectivity index (χ3v) is 5.54. The zero-order valence-corrected chi connectivity index (χ0v) is 15.8. The molecule has 0 amide bonds. The standard InChI is InChI=1S/C22H21O3S/c1-15(2)16-7-9-18(10-8-16)22-20(5-4-6-21(22)23)17-11-13-19(14-12-17)26(3,24)25/h4,6-15,23H,1-3H3. The molecular formula is C22H21O3S. The fraction of sp³-hybridized carbons (Fsp3) is 0.182. The van der Waals surface area contributed by atoms with E-state index in [1.54, 1.807) is 36.4 Å². The molecule has 0 heterocycles. The van der Waals surface area contributed by atoms with Gasteiger partial charge in [0.2, 0.25) is 0 Å². The summed E-state index contributed by atoms with van der Waals surface area (Å²) in [4.78, 5) is 0.268. The van der Waals surface area contributed by atoms with Crippen molar-refractivity contribution in [1.29, 1.82) is 0 Å².